The number of aromatic nitrogens is 1. The van der Waals surface area contributed by atoms with Crippen LogP contribution in [0.25, 0.3) is 22.2 Å². The Kier molecular flexibility index (Phi) is 4.70. The summed E-state index contributed by atoms with van der Waals surface area (Å²) in [5.74, 6) is 0. The van der Waals surface area contributed by atoms with E-state index in [0.29, 0.717) is 11.4 Å². The topological polar surface area (TPSA) is 67.8 Å². The van der Waals surface area contributed by atoms with Crippen molar-refractivity contribution >= 4 is 47.1 Å². The van der Waals surface area contributed by atoms with Crippen LogP contribution in [0.1, 0.15) is 0 Å². The molecule has 3 rings (SSSR count). The van der Waals surface area contributed by atoms with Gasteiger partial charge in [-0.3, -0.25) is 0 Å². The summed E-state index contributed by atoms with van der Waals surface area (Å²) in [6.45, 7) is 0. The number of rotatable bonds is 1. The molecular weight excluding hydrogens is 281 g/mol. The van der Waals surface area contributed by atoms with Crippen molar-refractivity contribution in [3.05, 3.63) is 48.5 Å². The van der Waals surface area contributed by atoms with Gasteiger partial charge in [-0.25, -0.2) is 0 Å². The normalized spacial score (nSPS) is 9.68. The Morgan fingerprint density at radius 2 is 1.58 bits per heavy atom. The van der Waals surface area contributed by atoms with Crippen molar-refractivity contribution in [1.82, 2.24) is 4.98 Å². The van der Waals surface area contributed by atoms with E-state index in [-0.39, 0.29) is 24.8 Å². The summed E-state index contributed by atoms with van der Waals surface area (Å²) in [4.78, 5) is 3.35. The van der Waals surface area contributed by atoms with E-state index in [1.165, 1.54) is 5.39 Å². The number of fused-ring (bicyclic) bond motifs is 1. The van der Waals surface area contributed by atoms with Gasteiger partial charge in [-0.1, -0.05) is 18.2 Å². The van der Waals surface area contributed by atoms with Crippen LogP contribution < -0.4 is 11.5 Å². The maximum Gasteiger partial charge on any atom is 0.0485 e. The Morgan fingerprint density at radius 3 is 2.26 bits per heavy atom. The zero-order chi connectivity index (χ0) is 11.8. The fourth-order valence-electron chi connectivity index (χ4n) is 2.04. The van der Waals surface area contributed by atoms with Gasteiger partial charge in [0.15, 0.2) is 0 Å². The smallest absolute Gasteiger partial charge is 0.0485 e. The summed E-state index contributed by atoms with van der Waals surface area (Å²) in [5, 5.41) is 1.18. The first-order valence-electron chi connectivity index (χ1n) is 5.47. The largest absolute Gasteiger partial charge is 0.399 e. The van der Waals surface area contributed by atoms with Crippen molar-refractivity contribution in [2.45, 2.75) is 0 Å². The lowest BCUT2D eigenvalue weighted by Gasteiger charge is -2.04. The number of anilines is 2. The van der Waals surface area contributed by atoms with Crippen LogP contribution in [0.2, 0.25) is 0 Å². The number of hydrogen-bond donors (Lipinski definition) is 3. The minimum Gasteiger partial charge on any atom is -0.399 e. The zero-order valence-electron chi connectivity index (χ0n) is 10.1. The van der Waals surface area contributed by atoms with Crippen molar-refractivity contribution in [3.63, 3.8) is 0 Å². The van der Waals surface area contributed by atoms with Crippen molar-refractivity contribution < 1.29 is 0 Å². The first kappa shape index (κ1) is 15.2. The monoisotopic (exact) mass is 295 g/mol. The second-order valence-electron chi connectivity index (χ2n) is 4.12. The number of nitrogen functional groups attached to an aromatic ring is 2. The van der Waals surface area contributed by atoms with E-state index < -0.39 is 0 Å². The van der Waals surface area contributed by atoms with Gasteiger partial charge in [0.05, 0.1) is 0 Å². The molecule has 0 aliphatic carbocycles. The van der Waals surface area contributed by atoms with Crippen LogP contribution in [0.4, 0.5) is 11.4 Å². The number of benzene rings is 2. The molecule has 0 unspecified atom stereocenters. The summed E-state index contributed by atoms with van der Waals surface area (Å²) in [5.41, 5.74) is 16.1. The molecule has 1 heterocycles. The molecule has 19 heavy (non-hydrogen) atoms. The molecule has 0 saturated carbocycles. The van der Waals surface area contributed by atoms with Gasteiger partial charge in [0, 0.05) is 33.5 Å². The summed E-state index contributed by atoms with van der Waals surface area (Å²) in [7, 11) is 0. The third-order valence-corrected chi connectivity index (χ3v) is 2.90. The van der Waals surface area contributed by atoms with Gasteiger partial charge in [-0.15, -0.1) is 24.8 Å². The van der Waals surface area contributed by atoms with Crippen molar-refractivity contribution in [2.24, 2.45) is 0 Å². The number of halogens is 2. The molecule has 3 nitrogen and oxygen atoms in total. The Balaban J connectivity index is 0.000000902. The molecule has 0 radical (unpaired) electrons. The highest BCUT2D eigenvalue weighted by molar-refractivity contribution is 5.88. The Morgan fingerprint density at radius 1 is 0.842 bits per heavy atom. The van der Waals surface area contributed by atoms with Crippen LogP contribution in [0.3, 0.4) is 0 Å². The van der Waals surface area contributed by atoms with Crippen LogP contribution in [0.5, 0.6) is 0 Å². The average Bonchev–Trinajstić information content (AvgIpc) is 2.72. The molecule has 0 saturated heterocycles. The van der Waals surface area contributed by atoms with Crippen LogP contribution >= 0.6 is 24.8 Å². The van der Waals surface area contributed by atoms with E-state index in [1.807, 2.05) is 30.3 Å². The van der Waals surface area contributed by atoms with E-state index in [2.05, 4.69) is 17.1 Å². The van der Waals surface area contributed by atoms with Crippen LogP contribution in [0, 0.1) is 0 Å². The summed E-state index contributed by atoms with van der Waals surface area (Å²) in [6, 6.07) is 15.8. The third kappa shape index (κ3) is 2.78. The predicted octanol–water partition coefficient (Wildman–Crippen LogP) is 3.84. The number of hydrogen-bond acceptors (Lipinski definition) is 2. The van der Waals surface area contributed by atoms with E-state index >= 15 is 0 Å². The van der Waals surface area contributed by atoms with Crippen LogP contribution in [-0.2, 0) is 0 Å². The summed E-state index contributed by atoms with van der Waals surface area (Å²) < 4.78 is 0. The maximum absolute atomic E-state index is 5.98. The van der Waals surface area contributed by atoms with Crippen molar-refractivity contribution in [3.8, 4) is 11.3 Å². The first-order chi connectivity index (χ1) is 8.24. The molecule has 3 aromatic rings. The van der Waals surface area contributed by atoms with E-state index in [9.17, 15) is 0 Å². The maximum atomic E-state index is 5.98. The molecule has 0 bridgehead atoms. The standard InChI is InChI=1S/C14H13N3.2ClH/c15-10-5-6-11(12(16)8-10)14-7-9-3-1-2-4-13(9)17-14;;/h1-8,17H,15-16H2;2*1H. The van der Waals surface area contributed by atoms with Gasteiger partial charge in [0.2, 0.25) is 0 Å². The van der Waals surface area contributed by atoms with Gasteiger partial charge >= 0.3 is 0 Å². The molecule has 5 heteroatoms. The Hall–Kier alpha value is -1.84. The minimum atomic E-state index is 0. The molecule has 0 aliphatic heterocycles. The van der Waals surface area contributed by atoms with E-state index in [4.69, 9.17) is 11.5 Å². The van der Waals surface area contributed by atoms with Gasteiger partial charge in [0.25, 0.3) is 0 Å². The van der Waals surface area contributed by atoms with E-state index in [0.717, 1.165) is 16.8 Å². The highest BCUT2D eigenvalue weighted by Gasteiger charge is 2.06. The molecule has 0 atom stereocenters. The van der Waals surface area contributed by atoms with Gasteiger partial charge < -0.3 is 16.5 Å². The van der Waals surface area contributed by atoms with Crippen LogP contribution in [-0.4, -0.2) is 4.98 Å². The van der Waals surface area contributed by atoms with Crippen LogP contribution in [0.15, 0.2) is 48.5 Å². The molecule has 1 aromatic heterocycles. The Labute approximate surface area is 123 Å². The number of nitrogens with one attached hydrogen (secondary N) is 1. The lowest BCUT2D eigenvalue weighted by molar-refractivity contribution is 1.45. The second kappa shape index (κ2) is 5.87. The molecule has 0 amide bonds. The Bertz CT molecular complexity index is 659. The highest BCUT2D eigenvalue weighted by Crippen LogP contribution is 2.29. The van der Waals surface area contributed by atoms with Gasteiger partial charge in [-0.05, 0) is 30.3 Å². The molecule has 100 valence electrons. The number of aromatic amines is 1. The molecular formula is C14H15Cl2N3. The van der Waals surface area contributed by atoms with Gasteiger partial charge in [-0.2, -0.15) is 0 Å². The quantitative estimate of drug-likeness (QED) is 0.597. The SMILES string of the molecule is Cl.Cl.Nc1ccc(-c2cc3ccccc3[nH]2)c(N)c1. The summed E-state index contributed by atoms with van der Waals surface area (Å²) >= 11 is 0. The predicted molar refractivity (Wildman–Crippen MR) is 87.1 cm³/mol. The number of nitrogens with two attached hydrogens (primary N) is 2. The highest BCUT2D eigenvalue weighted by atomic mass is 35.5. The fourth-order valence-corrected chi connectivity index (χ4v) is 2.04. The first-order valence-corrected chi connectivity index (χ1v) is 5.47. The molecule has 5 N–H and O–H groups in total. The molecule has 0 fully saturated rings. The number of para-hydroxylation sites is 1. The lowest BCUT2D eigenvalue weighted by Crippen LogP contribution is -1.93. The minimum absolute atomic E-state index is 0. The molecule has 2 aromatic carbocycles. The van der Waals surface area contributed by atoms with Gasteiger partial charge in [0.1, 0.15) is 0 Å². The molecule has 0 spiro atoms. The fraction of sp³-hybridized carbons (Fsp3) is 0. The number of H-pyrrole nitrogens is 1. The van der Waals surface area contributed by atoms with Crippen molar-refractivity contribution in [1.29, 1.82) is 0 Å². The molecule has 0 aliphatic rings. The average molecular weight is 296 g/mol. The summed E-state index contributed by atoms with van der Waals surface area (Å²) in [6.07, 6.45) is 0. The third-order valence-electron chi connectivity index (χ3n) is 2.90. The second-order valence-corrected chi connectivity index (χ2v) is 4.12. The zero-order valence-corrected chi connectivity index (χ0v) is 11.7. The lowest BCUT2D eigenvalue weighted by atomic mass is 10.1. The van der Waals surface area contributed by atoms with E-state index in [1.54, 1.807) is 6.07 Å². The van der Waals surface area contributed by atoms with Crippen molar-refractivity contribution in [2.75, 3.05) is 11.5 Å².